The molecule has 0 aliphatic carbocycles. The van der Waals surface area contributed by atoms with Crippen molar-refractivity contribution in [3.05, 3.63) is 99.2 Å². The van der Waals surface area contributed by atoms with Crippen molar-refractivity contribution in [3.8, 4) is 11.5 Å². The number of fused-ring (bicyclic) bond motifs is 2. The van der Waals surface area contributed by atoms with E-state index in [1.54, 1.807) is 48.1 Å². The number of methoxy groups -OCH3 is 1. The van der Waals surface area contributed by atoms with Crippen LogP contribution in [0, 0.1) is 13.8 Å². The molecule has 28 nitrogen and oxygen atoms in total. The zero-order valence-corrected chi connectivity index (χ0v) is 45.4. The highest BCUT2D eigenvalue weighted by atomic mass is 32.1. The third-order valence-electron chi connectivity index (χ3n) is 12.2. The van der Waals surface area contributed by atoms with Crippen molar-refractivity contribution in [2.45, 2.75) is 91.9 Å². The van der Waals surface area contributed by atoms with Gasteiger partial charge in [0.2, 0.25) is 41.1 Å². The molecular weight excluding hydrogens is 1080 g/mol. The summed E-state index contributed by atoms with van der Waals surface area (Å²) < 4.78 is 32.4. The molecule has 0 unspecified atom stereocenters. The Labute approximate surface area is 463 Å². The number of thiazole rings is 1. The van der Waals surface area contributed by atoms with Crippen LogP contribution >= 0.6 is 11.3 Å². The minimum atomic E-state index is -1.47. The van der Waals surface area contributed by atoms with Crippen LogP contribution in [0.15, 0.2) is 62.4 Å². The van der Waals surface area contributed by atoms with Crippen LogP contribution in [0.3, 0.4) is 0 Å². The summed E-state index contributed by atoms with van der Waals surface area (Å²) in [5.41, 5.74) is 13.3. The number of hydrogen-bond acceptors (Lipinski definition) is 19. The number of allylic oxidation sites excluding steroid dienone is 2. The molecule has 4 aromatic heterocycles. The minimum Gasteiger partial charge on any atom is -0.494 e. The molecular formula is C52H56N12O16S. The molecule has 2 atom stereocenters. The smallest absolute Gasteiger partial charge is 0.328 e. The summed E-state index contributed by atoms with van der Waals surface area (Å²) in [7, 11) is 1.41. The Bertz CT molecular complexity index is 3640. The maximum atomic E-state index is 13.9. The van der Waals surface area contributed by atoms with Gasteiger partial charge in [0.25, 0.3) is 17.7 Å². The van der Waals surface area contributed by atoms with E-state index < -0.39 is 90.7 Å². The Morgan fingerprint density at radius 3 is 2.06 bits per heavy atom. The number of carbonyl (C=O) groups excluding carboxylic acids is 9. The normalized spacial score (nSPS) is 13.3. The number of primary amides is 2. The van der Waals surface area contributed by atoms with E-state index in [4.69, 9.17) is 34.5 Å². The van der Waals surface area contributed by atoms with Gasteiger partial charge in [0.1, 0.15) is 41.2 Å². The number of imidazole rings is 1. The van der Waals surface area contributed by atoms with Crippen LogP contribution in [0.4, 0.5) is 5.95 Å². The van der Waals surface area contributed by atoms with E-state index in [1.165, 1.54) is 32.2 Å². The van der Waals surface area contributed by atoms with E-state index in [2.05, 4.69) is 35.9 Å². The number of carbonyl (C=O) groups is 10. The number of rotatable bonds is 26. The summed E-state index contributed by atoms with van der Waals surface area (Å²) in [5, 5.41) is 16.7. The number of aryl methyl sites for hydroxylation is 4. The number of carboxylic acids is 1. The number of esters is 1. The highest BCUT2D eigenvalue weighted by molar-refractivity contribution is 7.16. The van der Waals surface area contributed by atoms with Gasteiger partial charge in [-0.15, -0.1) is 0 Å². The predicted molar refractivity (Wildman–Crippen MR) is 285 cm³/mol. The van der Waals surface area contributed by atoms with E-state index >= 15 is 0 Å². The van der Waals surface area contributed by atoms with Crippen LogP contribution < -0.4 is 41.7 Å². The van der Waals surface area contributed by atoms with E-state index in [1.807, 2.05) is 6.92 Å². The summed E-state index contributed by atoms with van der Waals surface area (Å²) in [6.07, 6.45) is 5.26. The molecule has 81 heavy (non-hydrogen) atoms. The van der Waals surface area contributed by atoms with Gasteiger partial charge in [-0.3, -0.25) is 53.4 Å². The first kappa shape index (κ1) is 58.9. The van der Waals surface area contributed by atoms with Crippen molar-refractivity contribution in [1.82, 2.24) is 39.6 Å². The van der Waals surface area contributed by atoms with Crippen LogP contribution in [0.5, 0.6) is 11.5 Å². The van der Waals surface area contributed by atoms with E-state index in [0.717, 1.165) is 23.5 Å². The lowest BCUT2D eigenvalue weighted by molar-refractivity contribution is -0.148. The average molecular weight is 1140 g/mol. The minimum absolute atomic E-state index is 0.00915. The number of imide groups is 1. The van der Waals surface area contributed by atoms with E-state index in [9.17, 15) is 53.1 Å². The molecule has 1 aliphatic heterocycles. The molecule has 29 heteroatoms. The number of nitrogens with one attached hydrogen (secondary N) is 3. The Hall–Kier alpha value is -9.80. The van der Waals surface area contributed by atoms with Crippen LogP contribution in [0.2, 0.25) is 0 Å². The molecule has 0 saturated heterocycles. The maximum absolute atomic E-state index is 13.9. The zero-order valence-electron chi connectivity index (χ0n) is 44.6. The van der Waals surface area contributed by atoms with E-state index in [-0.39, 0.29) is 100 Å². The number of oxazole rings is 2. The number of ether oxygens (including phenoxy) is 3. The third-order valence-corrected chi connectivity index (χ3v) is 13.2. The van der Waals surface area contributed by atoms with E-state index in [0.29, 0.717) is 39.3 Å². The Morgan fingerprint density at radius 2 is 1.43 bits per heavy atom. The monoisotopic (exact) mass is 1140 g/mol. The number of anilines is 1. The number of nitrogens with two attached hydrogens (primary N) is 2. The molecule has 6 aromatic rings. The Kier molecular flexibility index (Phi) is 18.7. The molecule has 1 aliphatic rings. The number of aromatic nitrogens is 5. The zero-order chi connectivity index (χ0) is 58.8. The fourth-order valence-electron chi connectivity index (χ4n) is 8.32. The molecule has 8 N–H and O–H groups in total. The van der Waals surface area contributed by atoms with Gasteiger partial charge in [0, 0.05) is 63.1 Å². The summed E-state index contributed by atoms with van der Waals surface area (Å²) in [6, 6.07) is 3.04. The number of benzene rings is 2. The standard InChI is InChI=1S/C52H56N12O16S/c1-7-30-43(79-26(4)56-30)48(73)60-51-59-33-20-28(45(53)70)22-35(77-18-11-19-78-50(75)25(3)55-47(72)32(12-15-40(68)69)58-37(65)24-64-38(66)13-14-39(64)67)41(33)62(51)16-9-10-17-63-42-34(76-6)21-29(46(54)71)23-36(42)81-52(63)61-49(74)44-31(8-2)57-27(5)80-44/h9-10,13-14,20-23,25,32H,7-8,11-12,15-19,24H2,1-6H3,(H2,53,70)(H2,54,71)(H,55,72)(H,58,65)(H,68,69)(H,59,60,73)/b10-9+,61-52-/t25-,32-/m0/s1. The number of hydrogen-bond donors (Lipinski definition) is 6. The van der Waals surface area contributed by atoms with Crippen molar-refractivity contribution in [1.29, 1.82) is 0 Å². The summed E-state index contributed by atoms with van der Waals surface area (Å²) >= 11 is 1.10. The average Bonchev–Trinajstić information content (AvgIpc) is 4.36. The second-order valence-corrected chi connectivity index (χ2v) is 19.0. The number of nitrogens with zero attached hydrogens (tertiary/aromatic N) is 7. The molecule has 0 saturated carbocycles. The molecule has 2 aromatic carbocycles. The molecule has 7 rings (SSSR count). The number of aliphatic carboxylic acids is 1. The largest absolute Gasteiger partial charge is 0.494 e. The highest BCUT2D eigenvalue weighted by Gasteiger charge is 2.31. The predicted octanol–water partition coefficient (Wildman–Crippen LogP) is 2.32. The van der Waals surface area contributed by atoms with Crippen molar-refractivity contribution in [2.24, 2.45) is 16.5 Å². The molecule has 0 bridgehead atoms. The highest BCUT2D eigenvalue weighted by Crippen LogP contribution is 2.33. The third kappa shape index (κ3) is 13.9. The topological polar surface area (TPSA) is 397 Å². The Morgan fingerprint density at radius 1 is 0.815 bits per heavy atom. The molecule has 5 heterocycles. The van der Waals surface area contributed by atoms with Gasteiger partial charge in [0.05, 0.1) is 41.9 Å². The molecule has 0 radical (unpaired) electrons. The van der Waals surface area contributed by atoms with Gasteiger partial charge >= 0.3 is 17.8 Å². The van der Waals surface area contributed by atoms with Crippen molar-refractivity contribution >= 4 is 97.7 Å². The van der Waals surface area contributed by atoms with Crippen molar-refractivity contribution < 1.29 is 76.1 Å². The summed E-state index contributed by atoms with van der Waals surface area (Å²) in [5.74, 6) is -7.69. The van der Waals surface area contributed by atoms with Gasteiger partial charge in [0.15, 0.2) is 16.6 Å². The quantitative estimate of drug-likeness (QED) is 0.0196. The van der Waals surface area contributed by atoms with Crippen LogP contribution in [-0.2, 0) is 59.4 Å². The lowest BCUT2D eigenvalue weighted by Crippen LogP contribution is -2.53. The van der Waals surface area contributed by atoms with Gasteiger partial charge in [-0.05, 0) is 50.5 Å². The van der Waals surface area contributed by atoms with Gasteiger partial charge in [-0.25, -0.2) is 19.7 Å². The van der Waals surface area contributed by atoms with Crippen molar-refractivity contribution in [3.63, 3.8) is 0 Å². The first-order valence-corrected chi connectivity index (χ1v) is 25.9. The first-order chi connectivity index (χ1) is 38.6. The Balaban J connectivity index is 1.13. The molecule has 0 fully saturated rings. The lowest BCUT2D eigenvalue weighted by Gasteiger charge is -2.21. The lowest BCUT2D eigenvalue weighted by atomic mass is 10.1. The fourth-order valence-corrected chi connectivity index (χ4v) is 9.41. The molecule has 426 valence electrons. The second kappa shape index (κ2) is 25.8. The maximum Gasteiger partial charge on any atom is 0.328 e. The molecule has 8 amide bonds. The molecule has 0 spiro atoms. The summed E-state index contributed by atoms with van der Waals surface area (Å²) in [4.78, 5) is 145. The fraction of sp³-hybridized carbons (Fsp3) is 0.346. The van der Waals surface area contributed by atoms with Gasteiger partial charge in [-0.2, -0.15) is 4.99 Å². The first-order valence-electron chi connectivity index (χ1n) is 25.1. The second-order valence-electron chi connectivity index (χ2n) is 18.0. The number of amides is 8. The van der Waals surface area contributed by atoms with Crippen LogP contribution in [0.25, 0.3) is 21.3 Å². The van der Waals surface area contributed by atoms with Crippen LogP contribution in [0.1, 0.15) is 105 Å². The van der Waals surface area contributed by atoms with Crippen molar-refractivity contribution in [2.75, 3.05) is 32.2 Å². The summed E-state index contributed by atoms with van der Waals surface area (Å²) in [6.45, 7) is 7.01. The van der Waals surface area contributed by atoms with Crippen LogP contribution in [-0.4, -0.2) is 132 Å². The van der Waals surface area contributed by atoms with Gasteiger partial charge in [-0.1, -0.05) is 37.3 Å². The SMILES string of the molecule is CCc1nc(C)oc1C(=O)/N=c1\sc2cc(C(N)=O)cc(OC)c2n1C/C=C/Cn1c(NC(=O)c2oc(C)nc2CC)nc2cc(C(N)=O)cc(OCCCOC(=O)[C@H](C)NC(=O)[C@H](CCC(=O)O)NC(=O)CN3C(=O)C=CC3=O)c21. The van der Waals surface area contributed by atoms with Gasteiger partial charge < -0.3 is 59.4 Å². The number of carboxylic acid groups (broad SMARTS) is 1.